The van der Waals surface area contributed by atoms with E-state index < -0.39 is 15.8 Å². The number of hydrogen-bond donors (Lipinski definition) is 2. The highest BCUT2D eigenvalue weighted by molar-refractivity contribution is 7.92. The smallest absolute Gasteiger partial charge is 0.262 e. The van der Waals surface area contributed by atoms with Gasteiger partial charge in [0.2, 0.25) is 11.8 Å². The lowest BCUT2D eigenvalue weighted by molar-refractivity contribution is -0.116. The van der Waals surface area contributed by atoms with Crippen molar-refractivity contribution in [2.45, 2.75) is 51.3 Å². The summed E-state index contributed by atoms with van der Waals surface area (Å²) >= 11 is 0. The molecule has 8 nitrogen and oxygen atoms in total. The van der Waals surface area contributed by atoms with E-state index in [1.807, 2.05) is 6.92 Å². The average molecular weight is 485 g/mol. The van der Waals surface area contributed by atoms with E-state index in [1.165, 1.54) is 28.9 Å². The summed E-state index contributed by atoms with van der Waals surface area (Å²) in [5.41, 5.74) is 2.87. The molecule has 0 saturated heterocycles. The fourth-order valence-corrected chi connectivity index (χ4v) is 5.38. The van der Waals surface area contributed by atoms with Gasteiger partial charge in [-0.25, -0.2) is 12.8 Å². The molecule has 2 aromatic carbocycles. The van der Waals surface area contributed by atoms with Gasteiger partial charge in [0.05, 0.1) is 16.3 Å². The van der Waals surface area contributed by atoms with Crippen LogP contribution in [-0.4, -0.2) is 30.0 Å². The molecule has 1 aliphatic heterocycles. The Hall–Kier alpha value is -3.53. The van der Waals surface area contributed by atoms with Gasteiger partial charge in [0.25, 0.3) is 10.0 Å². The molecule has 1 aliphatic rings. The van der Waals surface area contributed by atoms with Crippen LogP contribution in [0.5, 0.6) is 0 Å². The van der Waals surface area contributed by atoms with Crippen LogP contribution in [0.4, 0.5) is 15.9 Å². The quantitative estimate of drug-likeness (QED) is 0.538. The molecule has 1 aromatic heterocycles. The third-order valence-corrected chi connectivity index (χ3v) is 7.21. The Morgan fingerprint density at radius 3 is 2.56 bits per heavy atom. The molecule has 0 radical (unpaired) electrons. The van der Waals surface area contributed by atoms with Crippen LogP contribution in [-0.2, 0) is 21.2 Å². The molecule has 4 rings (SSSR count). The number of benzene rings is 2. The molecule has 2 heterocycles. The van der Waals surface area contributed by atoms with E-state index in [2.05, 4.69) is 15.1 Å². The molecule has 0 fully saturated rings. The summed E-state index contributed by atoms with van der Waals surface area (Å²) in [5.74, 6) is -0.805. The maximum atomic E-state index is 13.5. The Kier molecular flexibility index (Phi) is 6.26. The number of hydrogen-bond acceptors (Lipinski definition) is 5. The first kappa shape index (κ1) is 23.6. The topological polar surface area (TPSA) is 110 Å². The Labute approximate surface area is 197 Å². The van der Waals surface area contributed by atoms with Crippen molar-refractivity contribution in [3.63, 3.8) is 0 Å². The van der Waals surface area contributed by atoms with Crippen molar-refractivity contribution in [1.82, 2.24) is 9.78 Å². The number of sulfonamides is 1. The Bertz CT molecular complexity index is 1410. The van der Waals surface area contributed by atoms with Crippen LogP contribution in [0.25, 0.3) is 11.1 Å². The van der Waals surface area contributed by atoms with E-state index in [0.717, 1.165) is 6.42 Å². The highest BCUT2D eigenvalue weighted by Gasteiger charge is 2.28. The SMILES string of the molecule is CCCc1nn2c(c1-c1ccc(C)c(S(=O)(=O)Nc3ccc(F)cc3C)c1)NC(=O)CCC2=O. The standard InChI is InChI=1S/C24H25FN4O4S/c1-4-5-19-23(24-26-21(30)10-11-22(31)29(24)27-19)16-7-6-14(2)20(13-16)34(32,33)28-18-9-8-17(25)12-15(18)3/h6-9,12-13,28H,4-5,10-11H2,1-3H3,(H,26,30). The molecule has 1 amide bonds. The van der Waals surface area contributed by atoms with E-state index in [1.54, 1.807) is 26.0 Å². The number of halogens is 1. The lowest BCUT2D eigenvalue weighted by Gasteiger charge is -2.14. The third kappa shape index (κ3) is 4.45. The van der Waals surface area contributed by atoms with E-state index in [-0.39, 0.29) is 41.1 Å². The summed E-state index contributed by atoms with van der Waals surface area (Å²) in [5, 5.41) is 7.21. The molecule has 34 heavy (non-hydrogen) atoms. The highest BCUT2D eigenvalue weighted by atomic mass is 32.2. The summed E-state index contributed by atoms with van der Waals surface area (Å²) < 4.78 is 43.8. The molecule has 0 spiro atoms. The van der Waals surface area contributed by atoms with E-state index in [4.69, 9.17) is 0 Å². The number of nitrogens with one attached hydrogen (secondary N) is 2. The summed E-state index contributed by atoms with van der Waals surface area (Å²) in [6, 6.07) is 8.74. The minimum absolute atomic E-state index is 0.0300. The van der Waals surface area contributed by atoms with Gasteiger partial charge in [-0.3, -0.25) is 14.3 Å². The molecule has 3 aromatic rings. The summed E-state index contributed by atoms with van der Waals surface area (Å²) in [4.78, 5) is 24.8. The van der Waals surface area contributed by atoms with Gasteiger partial charge in [0.1, 0.15) is 11.6 Å². The van der Waals surface area contributed by atoms with Gasteiger partial charge in [0, 0.05) is 18.4 Å². The molecule has 178 valence electrons. The normalized spacial score (nSPS) is 13.9. The van der Waals surface area contributed by atoms with Gasteiger partial charge in [-0.1, -0.05) is 25.5 Å². The zero-order chi connectivity index (χ0) is 24.6. The maximum absolute atomic E-state index is 13.5. The average Bonchev–Trinajstić information content (AvgIpc) is 3.05. The van der Waals surface area contributed by atoms with Crippen molar-refractivity contribution in [3.05, 3.63) is 59.0 Å². The number of carbonyl (C=O) groups is 2. The second kappa shape index (κ2) is 9.02. The molecule has 0 unspecified atom stereocenters. The van der Waals surface area contributed by atoms with Crippen LogP contribution in [0.15, 0.2) is 41.3 Å². The van der Waals surface area contributed by atoms with E-state index in [9.17, 15) is 22.4 Å². The van der Waals surface area contributed by atoms with Gasteiger partial charge in [-0.15, -0.1) is 0 Å². The predicted molar refractivity (Wildman–Crippen MR) is 127 cm³/mol. The van der Waals surface area contributed by atoms with Crippen LogP contribution in [0.3, 0.4) is 0 Å². The van der Waals surface area contributed by atoms with Gasteiger partial charge in [0.15, 0.2) is 0 Å². The van der Waals surface area contributed by atoms with Gasteiger partial charge in [-0.2, -0.15) is 9.78 Å². The van der Waals surface area contributed by atoms with E-state index in [0.29, 0.717) is 34.4 Å². The predicted octanol–water partition coefficient (Wildman–Crippen LogP) is 4.43. The second-order valence-electron chi connectivity index (χ2n) is 8.32. The lowest BCUT2D eigenvalue weighted by atomic mass is 10.0. The van der Waals surface area contributed by atoms with Gasteiger partial charge in [-0.05, 0) is 61.2 Å². The van der Waals surface area contributed by atoms with Crippen LogP contribution in [0.1, 0.15) is 47.8 Å². The Morgan fingerprint density at radius 1 is 1.09 bits per heavy atom. The molecular formula is C24H25FN4O4S. The zero-order valence-electron chi connectivity index (χ0n) is 19.1. The fraction of sp³-hybridized carbons (Fsp3) is 0.292. The molecular weight excluding hydrogens is 459 g/mol. The largest absolute Gasteiger partial charge is 0.310 e. The fourth-order valence-electron chi connectivity index (χ4n) is 3.98. The first-order valence-corrected chi connectivity index (χ1v) is 12.4. The van der Waals surface area contributed by atoms with Crippen LogP contribution >= 0.6 is 0 Å². The Balaban J connectivity index is 1.84. The first-order valence-electron chi connectivity index (χ1n) is 11.0. The van der Waals surface area contributed by atoms with Gasteiger partial charge < -0.3 is 5.32 Å². The molecule has 0 aliphatic carbocycles. The van der Waals surface area contributed by atoms with Crippen molar-refractivity contribution >= 4 is 33.3 Å². The number of aryl methyl sites for hydroxylation is 3. The van der Waals surface area contributed by atoms with Crippen molar-refractivity contribution in [1.29, 1.82) is 0 Å². The zero-order valence-corrected chi connectivity index (χ0v) is 19.9. The molecule has 0 saturated carbocycles. The number of amides is 1. The monoisotopic (exact) mass is 484 g/mol. The van der Waals surface area contributed by atoms with Gasteiger partial charge >= 0.3 is 0 Å². The Morgan fingerprint density at radius 2 is 1.85 bits per heavy atom. The van der Waals surface area contributed by atoms with Crippen LogP contribution in [0.2, 0.25) is 0 Å². The maximum Gasteiger partial charge on any atom is 0.262 e. The van der Waals surface area contributed by atoms with E-state index >= 15 is 0 Å². The molecule has 0 bridgehead atoms. The minimum atomic E-state index is -4.02. The van der Waals surface area contributed by atoms with Crippen molar-refractivity contribution in [2.75, 3.05) is 10.0 Å². The second-order valence-corrected chi connectivity index (χ2v) is 9.97. The van der Waals surface area contributed by atoms with Crippen molar-refractivity contribution < 1.29 is 22.4 Å². The number of anilines is 2. The van der Waals surface area contributed by atoms with Crippen LogP contribution in [0, 0.1) is 19.7 Å². The van der Waals surface area contributed by atoms with Crippen LogP contribution < -0.4 is 10.0 Å². The number of nitrogens with zero attached hydrogens (tertiary/aromatic N) is 2. The molecule has 0 atom stereocenters. The summed E-state index contributed by atoms with van der Waals surface area (Å²) in [7, 11) is -4.02. The van der Waals surface area contributed by atoms with Crippen molar-refractivity contribution in [2.24, 2.45) is 0 Å². The minimum Gasteiger partial charge on any atom is -0.310 e. The number of rotatable bonds is 6. The molecule has 10 heteroatoms. The first-order chi connectivity index (χ1) is 16.1. The number of carbonyl (C=O) groups excluding carboxylic acids is 2. The lowest BCUT2D eigenvalue weighted by Crippen LogP contribution is -2.15. The third-order valence-electron chi connectivity index (χ3n) is 5.70. The molecule has 2 N–H and O–H groups in total. The number of fused-ring (bicyclic) bond motifs is 1. The van der Waals surface area contributed by atoms with Crippen molar-refractivity contribution in [3.8, 4) is 11.1 Å². The summed E-state index contributed by atoms with van der Waals surface area (Å²) in [6.07, 6.45) is 1.38. The number of aromatic nitrogens is 2. The summed E-state index contributed by atoms with van der Waals surface area (Å²) in [6.45, 7) is 5.25. The highest BCUT2D eigenvalue weighted by Crippen LogP contribution is 2.36.